The molecule has 1 aromatic rings. The molecule has 0 spiro atoms. The van der Waals surface area contributed by atoms with Crippen LogP contribution in [0.5, 0.6) is 0 Å². The summed E-state index contributed by atoms with van der Waals surface area (Å²) in [6.45, 7) is 7.56. The summed E-state index contributed by atoms with van der Waals surface area (Å²) in [6, 6.07) is 6.22. The Kier molecular flexibility index (Phi) is 5.43. The van der Waals surface area contributed by atoms with Gasteiger partial charge in [-0.25, -0.2) is 0 Å². The number of benzene rings is 1. The van der Waals surface area contributed by atoms with Gasteiger partial charge in [0, 0.05) is 29.8 Å². The molecule has 1 fully saturated rings. The van der Waals surface area contributed by atoms with Crippen LogP contribution in [0.4, 0.5) is 5.69 Å². The maximum Gasteiger partial charge on any atom is 0.242 e. The predicted molar refractivity (Wildman–Crippen MR) is 86.0 cm³/mol. The Morgan fingerprint density at radius 2 is 2.30 bits per heavy atom. The van der Waals surface area contributed by atoms with Gasteiger partial charge in [0.25, 0.3) is 0 Å². The fraction of sp³-hybridized carbons (Fsp3) is 0.533. The van der Waals surface area contributed by atoms with Gasteiger partial charge in [-0.3, -0.25) is 4.79 Å². The lowest BCUT2D eigenvalue weighted by atomic mass is 10.1. The van der Waals surface area contributed by atoms with E-state index in [1.54, 1.807) is 0 Å². The van der Waals surface area contributed by atoms with Crippen LogP contribution in [0.3, 0.4) is 0 Å². The third kappa shape index (κ3) is 3.52. The van der Waals surface area contributed by atoms with E-state index in [1.807, 2.05) is 6.92 Å². The van der Waals surface area contributed by atoms with E-state index in [2.05, 4.69) is 56.6 Å². The Balaban J connectivity index is 2.09. The van der Waals surface area contributed by atoms with Gasteiger partial charge in [0.1, 0.15) is 6.04 Å². The van der Waals surface area contributed by atoms with E-state index in [0.29, 0.717) is 6.54 Å². The number of piperazine rings is 1. The van der Waals surface area contributed by atoms with E-state index in [1.165, 1.54) is 5.56 Å². The fourth-order valence-corrected chi connectivity index (χ4v) is 2.90. The molecule has 1 heterocycles. The van der Waals surface area contributed by atoms with Crippen LogP contribution in [0.1, 0.15) is 25.8 Å². The number of hydrogen-bond donors (Lipinski definition) is 2. The van der Waals surface area contributed by atoms with Crippen LogP contribution >= 0.6 is 15.9 Å². The van der Waals surface area contributed by atoms with Crippen molar-refractivity contribution in [1.29, 1.82) is 0 Å². The highest BCUT2D eigenvalue weighted by Crippen LogP contribution is 2.26. The Labute approximate surface area is 129 Å². The molecule has 0 bridgehead atoms. The molecule has 1 amide bonds. The molecule has 4 nitrogen and oxygen atoms in total. The molecule has 1 saturated heterocycles. The quantitative estimate of drug-likeness (QED) is 0.809. The first-order valence-electron chi connectivity index (χ1n) is 7.17. The Hall–Kier alpha value is -1.07. The first kappa shape index (κ1) is 15.3. The number of amides is 1. The van der Waals surface area contributed by atoms with Crippen molar-refractivity contribution in [3.05, 3.63) is 28.2 Å². The number of anilines is 1. The van der Waals surface area contributed by atoms with Gasteiger partial charge in [-0.1, -0.05) is 28.9 Å². The molecule has 1 atom stereocenters. The number of halogens is 1. The SMILES string of the molecule is CCCNCc1ccc(N2CCNC(=O)C2C)cc1Br. The second-order valence-electron chi connectivity index (χ2n) is 5.11. The van der Waals surface area contributed by atoms with E-state index in [0.717, 1.165) is 36.2 Å². The third-order valence-electron chi connectivity index (χ3n) is 3.61. The van der Waals surface area contributed by atoms with E-state index in [-0.39, 0.29) is 11.9 Å². The minimum Gasteiger partial charge on any atom is -0.358 e. The second-order valence-corrected chi connectivity index (χ2v) is 5.97. The fourth-order valence-electron chi connectivity index (χ4n) is 2.39. The van der Waals surface area contributed by atoms with Gasteiger partial charge in [0.15, 0.2) is 0 Å². The number of carbonyl (C=O) groups is 1. The van der Waals surface area contributed by atoms with Crippen molar-refractivity contribution in [3.8, 4) is 0 Å². The van der Waals surface area contributed by atoms with Gasteiger partial charge >= 0.3 is 0 Å². The summed E-state index contributed by atoms with van der Waals surface area (Å²) in [7, 11) is 0. The highest BCUT2D eigenvalue weighted by Gasteiger charge is 2.25. The molecule has 5 heteroatoms. The Morgan fingerprint density at radius 3 is 3.00 bits per heavy atom. The number of nitrogens with zero attached hydrogens (tertiary/aromatic N) is 1. The van der Waals surface area contributed by atoms with Crippen molar-refractivity contribution < 1.29 is 4.79 Å². The summed E-state index contributed by atoms with van der Waals surface area (Å²) < 4.78 is 1.09. The second kappa shape index (κ2) is 7.09. The van der Waals surface area contributed by atoms with E-state index < -0.39 is 0 Å². The molecule has 1 aliphatic heterocycles. The molecular weight excluding hydrogens is 318 g/mol. The van der Waals surface area contributed by atoms with E-state index >= 15 is 0 Å². The zero-order valence-electron chi connectivity index (χ0n) is 12.1. The van der Waals surface area contributed by atoms with Crippen LogP contribution in [0.2, 0.25) is 0 Å². The Morgan fingerprint density at radius 1 is 1.50 bits per heavy atom. The zero-order valence-corrected chi connectivity index (χ0v) is 13.7. The van der Waals surface area contributed by atoms with Crippen LogP contribution in [-0.4, -0.2) is 31.6 Å². The molecule has 1 aliphatic rings. The molecule has 0 aliphatic carbocycles. The van der Waals surface area contributed by atoms with Crippen molar-refractivity contribution in [1.82, 2.24) is 10.6 Å². The number of hydrogen-bond acceptors (Lipinski definition) is 3. The highest BCUT2D eigenvalue weighted by atomic mass is 79.9. The molecular formula is C15H22BrN3O. The first-order chi connectivity index (χ1) is 9.63. The number of rotatable bonds is 5. The lowest BCUT2D eigenvalue weighted by Gasteiger charge is -2.35. The van der Waals surface area contributed by atoms with Crippen molar-refractivity contribution >= 4 is 27.5 Å². The number of nitrogens with one attached hydrogen (secondary N) is 2. The van der Waals surface area contributed by atoms with Gasteiger partial charge in [-0.05, 0) is 37.6 Å². The summed E-state index contributed by atoms with van der Waals surface area (Å²) in [5, 5.41) is 6.29. The van der Waals surface area contributed by atoms with Gasteiger partial charge in [0.2, 0.25) is 5.91 Å². The largest absolute Gasteiger partial charge is 0.358 e. The summed E-state index contributed by atoms with van der Waals surface area (Å²) in [6.07, 6.45) is 1.14. The molecule has 2 rings (SSSR count). The molecule has 0 aromatic heterocycles. The molecule has 0 saturated carbocycles. The monoisotopic (exact) mass is 339 g/mol. The van der Waals surface area contributed by atoms with Crippen LogP contribution < -0.4 is 15.5 Å². The highest BCUT2D eigenvalue weighted by molar-refractivity contribution is 9.10. The smallest absolute Gasteiger partial charge is 0.242 e. The maximum atomic E-state index is 11.7. The standard InChI is InChI=1S/C15H22BrN3O/c1-3-6-17-10-12-4-5-13(9-14(12)16)19-8-7-18-15(20)11(19)2/h4-5,9,11,17H,3,6-8,10H2,1-2H3,(H,18,20). The van der Waals surface area contributed by atoms with E-state index in [9.17, 15) is 4.79 Å². The molecule has 0 radical (unpaired) electrons. The lowest BCUT2D eigenvalue weighted by Crippen LogP contribution is -2.54. The normalized spacial score (nSPS) is 19.1. The predicted octanol–water partition coefficient (Wildman–Crippen LogP) is 2.27. The Bertz CT molecular complexity index is 478. The summed E-state index contributed by atoms with van der Waals surface area (Å²) >= 11 is 3.63. The number of carbonyl (C=O) groups excluding carboxylic acids is 1. The van der Waals surface area contributed by atoms with Crippen LogP contribution in [0.25, 0.3) is 0 Å². The molecule has 110 valence electrons. The minimum atomic E-state index is -0.111. The van der Waals surface area contributed by atoms with Crippen LogP contribution in [0.15, 0.2) is 22.7 Å². The molecule has 2 N–H and O–H groups in total. The molecule has 1 unspecified atom stereocenters. The van der Waals surface area contributed by atoms with Crippen molar-refractivity contribution in [2.45, 2.75) is 32.9 Å². The van der Waals surface area contributed by atoms with Crippen LogP contribution in [0, 0.1) is 0 Å². The maximum absolute atomic E-state index is 11.7. The van der Waals surface area contributed by atoms with Gasteiger partial charge in [0.05, 0.1) is 0 Å². The van der Waals surface area contributed by atoms with Crippen molar-refractivity contribution in [3.63, 3.8) is 0 Å². The third-order valence-corrected chi connectivity index (χ3v) is 4.35. The summed E-state index contributed by atoms with van der Waals surface area (Å²) in [5.41, 5.74) is 2.34. The van der Waals surface area contributed by atoms with Gasteiger partial charge in [-0.15, -0.1) is 0 Å². The molecule has 20 heavy (non-hydrogen) atoms. The average Bonchev–Trinajstić information content (AvgIpc) is 2.44. The molecule has 1 aromatic carbocycles. The van der Waals surface area contributed by atoms with Crippen molar-refractivity contribution in [2.75, 3.05) is 24.5 Å². The van der Waals surface area contributed by atoms with Gasteiger partial charge < -0.3 is 15.5 Å². The average molecular weight is 340 g/mol. The van der Waals surface area contributed by atoms with E-state index in [4.69, 9.17) is 0 Å². The minimum absolute atomic E-state index is 0.0982. The first-order valence-corrected chi connectivity index (χ1v) is 7.96. The summed E-state index contributed by atoms with van der Waals surface area (Å²) in [4.78, 5) is 13.9. The van der Waals surface area contributed by atoms with Crippen molar-refractivity contribution in [2.24, 2.45) is 0 Å². The lowest BCUT2D eigenvalue weighted by molar-refractivity contribution is -0.122. The van der Waals surface area contributed by atoms with Crippen LogP contribution in [-0.2, 0) is 11.3 Å². The summed E-state index contributed by atoms with van der Waals surface area (Å²) in [5.74, 6) is 0.0982. The van der Waals surface area contributed by atoms with Gasteiger partial charge in [-0.2, -0.15) is 0 Å². The zero-order chi connectivity index (χ0) is 14.5. The topological polar surface area (TPSA) is 44.4 Å².